The number of rotatable bonds is 5. The molecule has 5 nitrogen and oxygen atoms in total. The van der Waals surface area contributed by atoms with Crippen LogP contribution in [0, 0.1) is 17.8 Å². The van der Waals surface area contributed by atoms with Gasteiger partial charge in [-0.25, -0.2) is 0 Å². The molecule has 2 fully saturated rings. The third-order valence-electron chi connectivity index (χ3n) is 4.75. The number of carbonyl (C=O) groups is 3. The lowest BCUT2D eigenvalue weighted by atomic mass is 9.91. The first-order valence-electron chi connectivity index (χ1n) is 8.32. The smallest absolute Gasteiger partial charge is 0.310 e. The molecule has 1 aromatic carbocycles. The number of ether oxygens (including phenoxy) is 1. The van der Waals surface area contributed by atoms with Gasteiger partial charge in [0.15, 0.2) is 0 Å². The molecule has 1 aliphatic carbocycles. The number of hydrogen-bond acceptors (Lipinski definition) is 5. The maximum Gasteiger partial charge on any atom is 0.310 e. The van der Waals surface area contributed by atoms with Crippen molar-refractivity contribution in [3.63, 3.8) is 0 Å². The number of thioether (sulfide) groups is 1. The third kappa shape index (κ3) is 2.83. The van der Waals surface area contributed by atoms with Crippen LogP contribution >= 0.6 is 11.8 Å². The largest absolute Gasteiger partial charge is 0.466 e. The monoisotopic (exact) mass is 347 g/mol. The predicted molar refractivity (Wildman–Crippen MR) is 90.2 cm³/mol. The molecule has 6 heteroatoms. The van der Waals surface area contributed by atoms with Crippen LogP contribution in [0.4, 0.5) is 0 Å². The molecule has 0 bridgehead atoms. The Hall–Kier alpha value is -1.82. The summed E-state index contributed by atoms with van der Waals surface area (Å²) >= 11 is 1.56. The average molecular weight is 347 g/mol. The van der Waals surface area contributed by atoms with E-state index in [-0.39, 0.29) is 29.6 Å². The van der Waals surface area contributed by atoms with Gasteiger partial charge in [0.1, 0.15) is 0 Å². The van der Waals surface area contributed by atoms with Gasteiger partial charge in [-0.15, -0.1) is 11.8 Å². The van der Waals surface area contributed by atoms with Gasteiger partial charge >= 0.3 is 5.97 Å². The molecule has 128 valence electrons. The normalized spacial score (nSPS) is 29.0. The van der Waals surface area contributed by atoms with Gasteiger partial charge in [0.2, 0.25) is 11.8 Å². The van der Waals surface area contributed by atoms with E-state index in [4.69, 9.17) is 4.74 Å². The van der Waals surface area contributed by atoms with E-state index in [0.717, 1.165) is 4.90 Å². The van der Waals surface area contributed by atoms with E-state index >= 15 is 0 Å². The second-order valence-corrected chi connectivity index (χ2v) is 7.35. The molecule has 1 aliphatic heterocycles. The number of imide groups is 1. The van der Waals surface area contributed by atoms with Gasteiger partial charge < -0.3 is 4.74 Å². The van der Waals surface area contributed by atoms with Crippen LogP contribution < -0.4 is 0 Å². The SMILES string of the molecule is CCOC(=O)[C@@H]1[C@@H]2C(=O)N(CC)C(=O)[C@@H]2C[C@@H]1Sc1ccccc1. The van der Waals surface area contributed by atoms with Gasteiger partial charge in [0.25, 0.3) is 0 Å². The first-order valence-corrected chi connectivity index (χ1v) is 9.20. The first-order chi connectivity index (χ1) is 11.6. The van der Waals surface area contributed by atoms with Crippen molar-refractivity contribution >= 4 is 29.5 Å². The number of amides is 2. The number of benzene rings is 1. The van der Waals surface area contributed by atoms with Crippen molar-refractivity contribution < 1.29 is 19.1 Å². The third-order valence-corrected chi connectivity index (χ3v) is 6.08. The molecular weight excluding hydrogens is 326 g/mol. The molecule has 2 amide bonds. The fourth-order valence-electron chi connectivity index (χ4n) is 3.74. The molecule has 24 heavy (non-hydrogen) atoms. The first kappa shape index (κ1) is 17.0. The van der Waals surface area contributed by atoms with E-state index in [1.165, 1.54) is 4.90 Å². The Labute approximate surface area is 145 Å². The molecule has 1 saturated carbocycles. The molecule has 0 aromatic heterocycles. The average Bonchev–Trinajstić information content (AvgIpc) is 3.05. The zero-order valence-electron chi connectivity index (χ0n) is 13.8. The second-order valence-electron chi connectivity index (χ2n) is 6.04. The minimum absolute atomic E-state index is 0.117. The maximum absolute atomic E-state index is 12.6. The summed E-state index contributed by atoms with van der Waals surface area (Å²) in [7, 11) is 0. The highest BCUT2D eigenvalue weighted by atomic mass is 32.2. The quantitative estimate of drug-likeness (QED) is 0.604. The van der Waals surface area contributed by atoms with E-state index in [1.807, 2.05) is 30.3 Å². The summed E-state index contributed by atoms with van der Waals surface area (Å²) in [5, 5.41) is -0.117. The van der Waals surface area contributed by atoms with E-state index in [9.17, 15) is 14.4 Å². The molecular formula is C18H21NO4S. The lowest BCUT2D eigenvalue weighted by molar-refractivity contribution is -0.152. The van der Waals surface area contributed by atoms with Crippen molar-refractivity contribution in [1.82, 2.24) is 4.90 Å². The Morgan fingerprint density at radius 3 is 2.54 bits per heavy atom. The van der Waals surface area contributed by atoms with Crippen molar-refractivity contribution in [2.24, 2.45) is 17.8 Å². The Balaban J connectivity index is 1.89. The van der Waals surface area contributed by atoms with Gasteiger partial charge in [-0.3, -0.25) is 19.3 Å². The molecule has 1 saturated heterocycles. The summed E-state index contributed by atoms with van der Waals surface area (Å²) in [5.74, 6) is -2.25. The Kier molecular flexibility index (Phi) is 4.94. The molecule has 2 aliphatic rings. The molecule has 0 unspecified atom stereocenters. The summed E-state index contributed by atoms with van der Waals surface area (Å²) in [6.45, 7) is 4.17. The highest BCUT2D eigenvalue weighted by Gasteiger charge is 2.60. The van der Waals surface area contributed by atoms with Crippen LogP contribution in [0.3, 0.4) is 0 Å². The van der Waals surface area contributed by atoms with Crippen molar-refractivity contribution in [2.45, 2.75) is 30.4 Å². The molecule has 4 atom stereocenters. The van der Waals surface area contributed by atoms with Crippen LogP contribution in [0.15, 0.2) is 35.2 Å². The van der Waals surface area contributed by atoms with Gasteiger partial charge in [-0.1, -0.05) is 18.2 Å². The van der Waals surface area contributed by atoms with Crippen molar-refractivity contribution in [1.29, 1.82) is 0 Å². The fourth-order valence-corrected chi connectivity index (χ4v) is 5.13. The predicted octanol–water partition coefficient (Wildman–Crippen LogP) is 2.35. The van der Waals surface area contributed by atoms with E-state index in [2.05, 4.69) is 0 Å². The van der Waals surface area contributed by atoms with Gasteiger partial charge in [0.05, 0.1) is 24.4 Å². The van der Waals surface area contributed by atoms with Crippen LogP contribution in [0.25, 0.3) is 0 Å². The lowest BCUT2D eigenvalue weighted by Crippen LogP contribution is -2.37. The maximum atomic E-state index is 12.6. The Morgan fingerprint density at radius 1 is 1.21 bits per heavy atom. The minimum atomic E-state index is -0.572. The van der Waals surface area contributed by atoms with Crippen molar-refractivity contribution in [3.8, 4) is 0 Å². The van der Waals surface area contributed by atoms with Gasteiger partial charge in [-0.2, -0.15) is 0 Å². The molecule has 3 rings (SSSR count). The second kappa shape index (κ2) is 6.97. The van der Waals surface area contributed by atoms with E-state index in [1.54, 1.807) is 25.6 Å². The zero-order valence-corrected chi connectivity index (χ0v) is 14.6. The highest BCUT2D eigenvalue weighted by Crippen LogP contribution is 2.50. The zero-order chi connectivity index (χ0) is 17.3. The van der Waals surface area contributed by atoms with Crippen molar-refractivity contribution in [3.05, 3.63) is 30.3 Å². The topological polar surface area (TPSA) is 63.7 Å². The summed E-state index contributed by atoms with van der Waals surface area (Å²) in [4.78, 5) is 40.0. The highest BCUT2D eigenvalue weighted by molar-refractivity contribution is 8.00. The fraction of sp³-hybridized carbons (Fsp3) is 0.500. The number of esters is 1. The lowest BCUT2D eigenvalue weighted by Gasteiger charge is -2.22. The molecule has 0 spiro atoms. The molecule has 0 radical (unpaired) electrons. The summed E-state index contributed by atoms with van der Waals surface area (Å²) in [5.41, 5.74) is 0. The number of nitrogens with zero attached hydrogens (tertiary/aromatic N) is 1. The Morgan fingerprint density at radius 2 is 1.92 bits per heavy atom. The number of fused-ring (bicyclic) bond motifs is 1. The standard InChI is InChI=1S/C18H21NO4S/c1-3-19-16(20)12-10-13(24-11-8-6-5-7-9-11)15(14(12)17(19)21)18(22)23-4-2/h5-9,12-15H,3-4,10H2,1-2H3/t12-,13+,14-,15+/m1/s1. The molecule has 0 N–H and O–H groups in total. The van der Waals surface area contributed by atoms with Gasteiger partial charge in [0, 0.05) is 16.7 Å². The summed E-state index contributed by atoms with van der Waals surface area (Å²) < 4.78 is 5.22. The summed E-state index contributed by atoms with van der Waals surface area (Å²) in [6, 6.07) is 9.76. The van der Waals surface area contributed by atoms with Crippen molar-refractivity contribution in [2.75, 3.05) is 13.2 Å². The van der Waals surface area contributed by atoms with Crippen LogP contribution in [0.1, 0.15) is 20.3 Å². The molecule has 1 aromatic rings. The van der Waals surface area contributed by atoms with E-state index < -0.39 is 17.8 Å². The van der Waals surface area contributed by atoms with Crippen LogP contribution in [-0.4, -0.2) is 41.1 Å². The van der Waals surface area contributed by atoms with Crippen LogP contribution in [0.2, 0.25) is 0 Å². The van der Waals surface area contributed by atoms with Crippen LogP contribution in [0.5, 0.6) is 0 Å². The number of hydrogen-bond donors (Lipinski definition) is 0. The van der Waals surface area contributed by atoms with Gasteiger partial charge in [-0.05, 0) is 32.4 Å². The Bertz CT molecular complexity index is 648. The molecule has 1 heterocycles. The number of likely N-dealkylation sites (tertiary alicyclic amines) is 1. The summed E-state index contributed by atoms with van der Waals surface area (Å²) in [6.07, 6.45) is 0.536. The number of carbonyl (C=O) groups excluding carboxylic acids is 3. The minimum Gasteiger partial charge on any atom is -0.466 e. The van der Waals surface area contributed by atoms with E-state index in [0.29, 0.717) is 13.0 Å². The van der Waals surface area contributed by atoms with Crippen LogP contribution in [-0.2, 0) is 19.1 Å².